The molecule has 6 nitrogen and oxygen atoms in total. The van der Waals surface area contributed by atoms with E-state index in [4.69, 9.17) is 5.73 Å². The number of hydrogen-bond acceptors (Lipinski definition) is 3. The number of piperazine rings is 1. The SMILES string of the molecule is NC(=O)NC(Cc1ccccc1)C(=O)N1CCN(CC2CCCCC2)CC1. The van der Waals surface area contributed by atoms with E-state index in [1.807, 2.05) is 35.2 Å². The van der Waals surface area contributed by atoms with Crippen LogP contribution in [0.2, 0.25) is 0 Å². The van der Waals surface area contributed by atoms with Crippen molar-refractivity contribution in [2.45, 2.75) is 44.6 Å². The standard InChI is InChI=1S/C21H32N4O2/c22-21(27)23-19(15-17-7-3-1-4-8-17)20(26)25-13-11-24(12-14-25)16-18-9-5-2-6-10-18/h1,3-4,7-8,18-19H,2,5-6,9-16H2,(H3,22,23,27). The number of primary amides is 1. The third-order valence-electron chi connectivity index (χ3n) is 5.82. The van der Waals surface area contributed by atoms with Gasteiger partial charge in [-0.25, -0.2) is 4.79 Å². The number of carbonyl (C=O) groups excluding carboxylic acids is 2. The Morgan fingerprint density at radius 3 is 2.33 bits per heavy atom. The molecule has 2 aliphatic rings. The van der Waals surface area contributed by atoms with Gasteiger partial charge >= 0.3 is 6.03 Å². The van der Waals surface area contributed by atoms with Crippen LogP contribution in [0, 0.1) is 5.92 Å². The first-order chi connectivity index (χ1) is 13.1. The van der Waals surface area contributed by atoms with Crippen LogP contribution >= 0.6 is 0 Å². The molecule has 3 rings (SSSR count). The molecule has 1 atom stereocenters. The molecule has 0 aromatic heterocycles. The van der Waals surface area contributed by atoms with E-state index < -0.39 is 12.1 Å². The van der Waals surface area contributed by atoms with Gasteiger partial charge in [0.05, 0.1) is 0 Å². The molecule has 1 unspecified atom stereocenters. The van der Waals surface area contributed by atoms with Crippen molar-refractivity contribution in [2.24, 2.45) is 11.7 Å². The lowest BCUT2D eigenvalue weighted by Crippen LogP contribution is -2.56. The van der Waals surface area contributed by atoms with Crippen LogP contribution in [0.3, 0.4) is 0 Å². The van der Waals surface area contributed by atoms with Gasteiger partial charge < -0.3 is 16.0 Å². The van der Waals surface area contributed by atoms with Crippen LogP contribution in [0.15, 0.2) is 30.3 Å². The van der Waals surface area contributed by atoms with Crippen molar-refractivity contribution in [1.29, 1.82) is 0 Å². The van der Waals surface area contributed by atoms with Crippen LogP contribution in [0.25, 0.3) is 0 Å². The number of urea groups is 1. The number of rotatable bonds is 6. The summed E-state index contributed by atoms with van der Waals surface area (Å²) in [5.41, 5.74) is 6.33. The molecule has 6 heteroatoms. The fourth-order valence-corrected chi connectivity index (χ4v) is 4.33. The van der Waals surface area contributed by atoms with Gasteiger partial charge in [-0.15, -0.1) is 0 Å². The highest BCUT2D eigenvalue weighted by Gasteiger charge is 2.29. The van der Waals surface area contributed by atoms with Crippen molar-refractivity contribution in [2.75, 3.05) is 32.7 Å². The fraction of sp³-hybridized carbons (Fsp3) is 0.619. The van der Waals surface area contributed by atoms with E-state index in [9.17, 15) is 9.59 Å². The largest absolute Gasteiger partial charge is 0.352 e. The predicted octanol–water partition coefficient (Wildman–Crippen LogP) is 1.99. The summed E-state index contributed by atoms with van der Waals surface area (Å²) in [7, 11) is 0. The Balaban J connectivity index is 1.52. The number of amides is 3. The molecule has 0 spiro atoms. The molecule has 1 aromatic carbocycles. The third kappa shape index (κ3) is 5.96. The van der Waals surface area contributed by atoms with Crippen LogP contribution in [-0.4, -0.2) is 60.5 Å². The summed E-state index contributed by atoms with van der Waals surface area (Å²) in [4.78, 5) is 28.7. The first-order valence-electron chi connectivity index (χ1n) is 10.2. The normalized spacial score (nSPS) is 20.2. The molecule has 0 radical (unpaired) electrons. The Bertz CT molecular complexity index is 608. The summed E-state index contributed by atoms with van der Waals surface area (Å²) >= 11 is 0. The minimum atomic E-state index is -0.653. The molecule has 1 saturated carbocycles. The summed E-state index contributed by atoms with van der Waals surface area (Å²) in [6.45, 7) is 4.43. The molecule has 1 saturated heterocycles. The molecule has 27 heavy (non-hydrogen) atoms. The van der Waals surface area contributed by atoms with Crippen molar-refractivity contribution in [3.05, 3.63) is 35.9 Å². The first-order valence-corrected chi connectivity index (χ1v) is 10.2. The summed E-state index contributed by atoms with van der Waals surface area (Å²) in [6.07, 6.45) is 7.27. The van der Waals surface area contributed by atoms with Crippen LogP contribution < -0.4 is 11.1 Å². The molecular weight excluding hydrogens is 340 g/mol. The zero-order valence-corrected chi connectivity index (χ0v) is 16.1. The third-order valence-corrected chi connectivity index (χ3v) is 5.82. The fourth-order valence-electron chi connectivity index (χ4n) is 4.33. The van der Waals surface area contributed by atoms with Crippen LogP contribution in [0.5, 0.6) is 0 Å². The topological polar surface area (TPSA) is 78.7 Å². The van der Waals surface area contributed by atoms with Crippen LogP contribution in [0.4, 0.5) is 4.79 Å². The molecule has 1 aliphatic heterocycles. The summed E-state index contributed by atoms with van der Waals surface area (Å²) in [5, 5.41) is 2.64. The van der Waals surface area contributed by atoms with Crippen molar-refractivity contribution in [1.82, 2.24) is 15.1 Å². The number of benzene rings is 1. The molecule has 3 amide bonds. The molecule has 2 fully saturated rings. The first kappa shape index (κ1) is 19.7. The van der Waals surface area contributed by atoms with E-state index in [1.165, 1.54) is 32.1 Å². The molecule has 1 aliphatic carbocycles. The molecule has 3 N–H and O–H groups in total. The van der Waals surface area contributed by atoms with Crippen LogP contribution in [-0.2, 0) is 11.2 Å². The van der Waals surface area contributed by atoms with Gasteiger partial charge in [0.15, 0.2) is 0 Å². The van der Waals surface area contributed by atoms with E-state index >= 15 is 0 Å². The number of carbonyl (C=O) groups is 2. The minimum Gasteiger partial charge on any atom is -0.352 e. The monoisotopic (exact) mass is 372 g/mol. The highest BCUT2D eigenvalue weighted by Crippen LogP contribution is 2.24. The minimum absolute atomic E-state index is 0.0324. The van der Waals surface area contributed by atoms with Gasteiger partial charge in [-0.1, -0.05) is 49.6 Å². The maximum absolute atomic E-state index is 13.0. The molecule has 1 aromatic rings. The number of nitrogens with two attached hydrogens (primary N) is 1. The van der Waals surface area contributed by atoms with Gasteiger partial charge in [-0.3, -0.25) is 9.69 Å². The maximum Gasteiger partial charge on any atom is 0.312 e. The van der Waals surface area contributed by atoms with Gasteiger partial charge in [0.2, 0.25) is 5.91 Å². The van der Waals surface area contributed by atoms with Crippen molar-refractivity contribution in [3.63, 3.8) is 0 Å². The second kappa shape index (κ2) is 9.74. The second-order valence-corrected chi connectivity index (χ2v) is 7.88. The summed E-state index contributed by atoms with van der Waals surface area (Å²) < 4.78 is 0. The summed E-state index contributed by atoms with van der Waals surface area (Å²) in [5.74, 6) is 0.790. The Labute approximate surface area is 162 Å². The van der Waals surface area contributed by atoms with E-state index in [2.05, 4.69) is 10.2 Å². The summed E-state index contributed by atoms with van der Waals surface area (Å²) in [6, 6.07) is 8.48. The second-order valence-electron chi connectivity index (χ2n) is 7.88. The molecular formula is C21H32N4O2. The Morgan fingerprint density at radius 2 is 1.70 bits per heavy atom. The van der Waals surface area contributed by atoms with Gasteiger partial charge in [0.1, 0.15) is 6.04 Å². The Hall–Kier alpha value is -2.08. The zero-order valence-electron chi connectivity index (χ0n) is 16.1. The average molecular weight is 373 g/mol. The molecule has 148 valence electrons. The van der Waals surface area contributed by atoms with Crippen molar-refractivity contribution in [3.8, 4) is 0 Å². The quantitative estimate of drug-likeness (QED) is 0.802. The van der Waals surface area contributed by atoms with E-state index in [-0.39, 0.29) is 5.91 Å². The lowest BCUT2D eigenvalue weighted by atomic mass is 9.89. The average Bonchev–Trinajstić information content (AvgIpc) is 2.69. The lowest BCUT2D eigenvalue weighted by molar-refractivity contribution is -0.135. The van der Waals surface area contributed by atoms with E-state index in [1.54, 1.807) is 0 Å². The molecule has 0 bridgehead atoms. The maximum atomic E-state index is 13.0. The van der Waals surface area contributed by atoms with Crippen molar-refractivity contribution >= 4 is 11.9 Å². The van der Waals surface area contributed by atoms with E-state index in [0.29, 0.717) is 6.42 Å². The number of nitrogens with one attached hydrogen (secondary N) is 1. The zero-order chi connectivity index (χ0) is 19.1. The van der Waals surface area contributed by atoms with Crippen molar-refractivity contribution < 1.29 is 9.59 Å². The predicted molar refractivity (Wildman–Crippen MR) is 106 cm³/mol. The van der Waals surface area contributed by atoms with Gasteiger partial charge in [0.25, 0.3) is 0 Å². The Kier molecular flexibility index (Phi) is 7.10. The molecule has 1 heterocycles. The van der Waals surface area contributed by atoms with Crippen LogP contribution in [0.1, 0.15) is 37.7 Å². The number of nitrogens with zero attached hydrogens (tertiary/aromatic N) is 2. The highest BCUT2D eigenvalue weighted by molar-refractivity contribution is 5.87. The van der Waals surface area contributed by atoms with Gasteiger partial charge in [-0.05, 0) is 24.3 Å². The highest BCUT2D eigenvalue weighted by atomic mass is 16.2. The smallest absolute Gasteiger partial charge is 0.312 e. The Morgan fingerprint density at radius 1 is 1.04 bits per heavy atom. The lowest BCUT2D eigenvalue weighted by Gasteiger charge is -2.38. The van der Waals surface area contributed by atoms with Gasteiger partial charge in [-0.2, -0.15) is 0 Å². The number of hydrogen-bond donors (Lipinski definition) is 2. The van der Waals surface area contributed by atoms with E-state index in [0.717, 1.165) is 44.2 Å². The van der Waals surface area contributed by atoms with Gasteiger partial charge in [0, 0.05) is 39.1 Å².